The first-order valence-corrected chi connectivity index (χ1v) is 5.60. The molecule has 12 heavy (non-hydrogen) atoms. The van der Waals surface area contributed by atoms with Gasteiger partial charge in [0.25, 0.3) is 0 Å². The largest absolute Gasteiger partial charge is 0.254 e. The first kappa shape index (κ1) is 9.75. The average Bonchev–Trinajstić information content (AvgIpc) is 2.06. The van der Waals surface area contributed by atoms with Crippen LogP contribution in [0.2, 0.25) is 0 Å². The molecule has 0 heterocycles. The highest BCUT2D eigenvalue weighted by Crippen LogP contribution is 2.08. The minimum atomic E-state index is -0.924. The molecule has 1 atom stereocenters. The molecule has 3 heteroatoms. The Morgan fingerprint density at radius 2 is 1.92 bits per heavy atom. The summed E-state index contributed by atoms with van der Waals surface area (Å²) in [5, 5.41) is 0. The lowest BCUT2D eigenvalue weighted by Gasteiger charge is -1.99. The van der Waals surface area contributed by atoms with E-state index >= 15 is 0 Å². The van der Waals surface area contributed by atoms with Crippen LogP contribution in [0.5, 0.6) is 0 Å². The molecular weight excluding hydrogens is 192 g/mol. The second-order valence-corrected chi connectivity index (χ2v) is 4.50. The number of hydrogen-bond donors (Lipinski definition) is 0. The zero-order valence-corrected chi connectivity index (χ0v) is 8.49. The fourth-order valence-corrected chi connectivity index (χ4v) is 2.11. The van der Waals surface area contributed by atoms with E-state index in [2.05, 4.69) is 0 Å². The molecular formula is C9H11ClOS. The summed E-state index contributed by atoms with van der Waals surface area (Å²) in [4.78, 5) is 0.862. The Balaban J connectivity index is 2.75. The van der Waals surface area contributed by atoms with Crippen LogP contribution in [0.4, 0.5) is 0 Å². The standard InChI is InChI=1S/C9H11ClOS/c1-8-2-4-9(5-3-8)12(11)7-6-10/h2-5H,6-7H2,1H3. The zero-order valence-electron chi connectivity index (χ0n) is 6.92. The predicted octanol–water partition coefficient (Wildman–Crippen LogP) is 2.34. The second-order valence-electron chi connectivity index (χ2n) is 2.55. The first-order chi connectivity index (χ1) is 5.74. The van der Waals surface area contributed by atoms with Gasteiger partial charge in [-0.15, -0.1) is 11.6 Å². The number of aryl methyl sites for hydroxylation is 1. The normalized spacial score (nSPS) is 12.8. The quantitative estimate of drug-likeness (QED) is 0.688. The van der Waals surface area contributed by atoms with Crippen molar-refractivity contribution in [2.45, 2.75) is 11.8 Å². The van der Waals surface area contributed by atoms with Gasteiger partial charge in [0.05, 0.1) is 10.8 Å². The Morgan fingerprint density at radius 1 is 1.33 bits per heavy atom. The van der Waals surface area contributed by atoms with Gasteiger partial charge in [0.1, 0.15) is 0 Å². The van der Waals surface area contributed by atoms with Crippen LogP contribution in [0.25, 0.3) is 0 Å². The lowest BCUT2D eigenvalue weighted by Crippen LogP contribution is -1.98. The average molecular weight is 203 g/mol. The lowest BCUT2D eigenvalue weighted by atomic mass is 10.2. The van der Waals surface area contributed by atoms with E-state index in [-0.39, 0.29) is 0 Å². The number of hydrogen-bond acceptors (Lipinski definition) is 1. The van der Waals surface area contributed by atoms with E-state index < -0.39 is 10.8 Å². The Morgan fingerprint density at radius 3 is 2.42 bits per heavy atom. The van der Waals surface area contributed by atoms with E-state index in [4.69, 9.17) is 11.6 Å². The van der Waals surface area contributed by atoms with E-state index in [1.807, 2.05) is 31.2 Å². The van der Waals surface area contributed by atoms with Gasteiger partial charge in [0.15, 0.2) is 0 Å². The van der Waals surface area contributed by atoms with Gasteiger partial charge < -0.3 is 0 Å². The van der Waals surface area contributed by atoms with E-state index in [0.717, 1.165) is 4.90 Å². The van der Waals surface area contributed by atoms with Gasteiger partial charge in [-0.3, -0.25) is 4.21 Å². The summed E-state index contributed by atoms with van der Waals surface area (Å²) in [5.74, 6) is 0.977. The molecule has 0 fully saturated rings. The van der Waals surface area contributed by atoms with Gasteiger partial charge in [0, 0.05) is 16.5 Å². The molecule has 1 unspecified atom stereocenters. The zero-order chi connectivity index (χ0) is 8.97. The number of rotatable bonds is 3. The van der Waals surface area contributed by atoms with Crippen molar-refractivity contribution in [2.75, 3.05) is 11.6 Å². The van der Waals surface area contributed by atoms with E-state index in [1.165, 1.54) is 5.56 Å². The molecule has 1 nitrogen and oxygen atoms in total. The summed E-state index contributed by atoms with van der Waals surface area (Å²) < 4.78 is 11.4. The van der Waals surface area contributed by atoms with Crippen LogP contribution in [0.15, 0.2) is 29.2 Å². The maximum absolute atomic E-state index is 11.4. The Bertz CT molecular complexity index is 268. The third kappa shape index (κ3) is 2.61. The van der Waals surface area contributed by atoms with Crippen LogP contribution in [-0.2, 0) is 10.8 Å². The fraction of sp³-hybridized carbons (Fsp3) is 0.333. The van der Waals surface area contributed by atoms with Gasteiger partial charge in [-0.2, -0.15) is 0 Å². The van der Waals surface area contributed by atoms with Crippen LogP contribution in [0, 0.1) is 6.92 Å². The topological polar surface area (TPSA) is 17.1 Å². The van der Waals surface area contributed by atoms with Crippen molar-refractivity contribution in [3.63, 3.8) is 0 Å². The van der Waals surface area contributed by atoms with Crippen molar-refractivity contribution in [1.82, 2.24) is 0 Å². The van der Waals surface area contributed by atoms with Crippen molar-refractivity contribution in [3.05, 3.63) is 29.8 Å². The van der Waals surface area contributed by atoms with E-state index in [0.29, 0.717) is 11.6 Å². The molecule has 0 aromatic heterocycles. The summed E-state index contributed by atoms with van der Waals surface area (Å²) in [6.07, 6.45) is 0. The molecule has 0 spiro atoms. The fourth-order valence-electron chi connectivity index (χ4n) is 0.878. The molecule has 0 amide bonds. The molecule has 66 valence electrons. The summed E-state index contributed by atoms with van der Waals surface area (Å²) >= 11 is 5.48. The summed E-state index contributed by atoms with van der Waals surface area (Å²) in [6, 6.07) is 7.69. The Kier molecular flexibility index (Phi) is 3.76. The first-order valence-electron chi connectivity index (χ1n) is 3.75. The second kappa shape index (κ2) is 4.63. The predicted molar refractivity (Wildman–Crippen MR) is 53.2 cm³/mol. The van der Waals surface area contributed by atoms with Gasteiger partial charge >= 0.3 is 0 Å². The molecule has 0 saturated heterocycles. The molecule has 0 aliphatic carbocycles. The lowest BCUT2D eigenvalue weighted by molar-refractivity contribution is 0.684. The van der Waals surface area contributed by atoms with Gasteiger partial charge in [0.2, 0.25) is 0 Å². The number of halogens is 1. The van der Waals surface area contributed by atoms with Crippen LogP contribution in [0.3, 0.4) is 0 Å². The van der Waals surface area contributed by atoms with Crippen LogP contribution in [-0.4, -0.2) is 15.8 Å². The molecule has 1 rings (SSSR count). The third-order valence-electron chi connectivity index (χ3n) is 1.55. The van der Waals surface area contributed by atoms with Crippen LogP contribution >= 0.6 is 11.6 Å². The third-order valence-corrected chi connectivity index (χ3v) is 3.33. The highest BCUT2D eigenvalue weighted by Gasteiger charge is 2.00. The van der Waals surface area contributed by atoms with Crippen LogP contribution < -0.4 is 0 Å². The number of benzene rings is 1. The monoisotopic (exact) mass is 202 g/mol. The highest BCUT2D eigenvalue weighted by atomic mass is 35.5. The summed E-state index contributed by atoms with van der Waals surface area (Å²) in [7, 11) is -0.924. The number of alkyl halides is 1. The molecule has 0 aliphatic rings. The van der Waals surface area contributed by atoms with Crippen molar-refractivity contribution >= 4 is 22.4 Å². The van der Waals surface area contributed by atoms with Crippen molar-refractivity contribution in [3.8, 4) is 0 Å². The smallest absolute Gasteiger partial charge is 0.0541 e. The van der Waals surface area contributed by atoms with Crippen molar-refractivity contribution in [2.24, 2.45) is 0 Å². The van der Waals surface area contributed by atoms with E-state index in [9.17, 15) is 4.21 Å². The highest BCUT2D eigenvalue weighted by molar-refractivity contribution is 7.85. The maximum atomic E-state index is 11.4. The van der Waals surface area contributed by atoms with Gasteiger partial charge in [-0.25, -0.2) is 0 Å². The minimum absolute atomic E-state index is 0.445. The Labute approximate surface area is 80.2 Å². The van der Waals surface area contributed by atoms with Crippen molar-refractivity contribution < 1.29 is 4.21 Å². The molecule has 0 aliphatic heterocycles. The Hall–Kier alpha value is -0.340. The molecule has 0 radical (unpaired) electrons. The SMILES string of the molecule is Cc1ccc(S(=O)CCCl)cc1. The molecule has 0 bridgehead atoms. The van der Waals surface area contributed by atoms with Crippen LogP contribution in [0.1, 0.15) is 5.56 Å². The molecule has 0 saturated carbocycles. The maximum Gasteiger partial charge on any atom is 0.0541 e. The minimum Gasteiger partial charge on any atom is -0.254 e. The molecule has 1 aromatic carbocycles. The van der Waals surface area contributed by atoms with Crippen molar-refractivity contribution in [1.29, 1.82) is 0 Å². The van der Waals surface area contributed by atoms with Gasteiger partial charge in [-0.1, -0.05) is 17.7 Å². The summed E-state index contributed by atoms with van der Waals surface area (Å²) in [6.45, 7) is 2.01. The van der Waals surface area contributed by atoms with Gasteiger partial charge in [-0.05, 0) is 19.1 Å². The molecule has 1 aromatic rings. The summed E-state index contributed by atoms with van der Waals surface area (Å²) in [5.41, 5.74) is 1.18. The van der Waals surface area contributed by atoms with E-state index in [1.54, 1.807) is 0 Å². The molecule has 0 N–H and O–H groups in total.